The molecule has 1 aromatic heterocycles. The van der Waals surface area contributed by atoms with E-state index in [0.29, 0.717) is 6.42 Å². The molecule has 4 heterocycles. The Hall–Kier alpha value is -4.88. The van der Waals surface area contributed by atoms with Gasteiger partial charge in [-0.2, -0.15) is 0 Å². The molecule has 0 radical (unpaired) electrons. The first-order chi connectivity index (χ1) is 22.2. The van der Waals surface area contributed by atoms with Gasteiger partial charge in [0.2, 0.25) is 5.91 Å². The molecule has 1 spiro atoms. The summed E-state index contributed by atoms with van der Waals surface area (Å²) < 4.78 is 5.64. The number of carbonyl (C=O) groups excluding carboxylic acids is 2. The number of amides is 2. The van der Waals surface area contributed by atoms with E-state index in [1.54, 1.807) is 0 Å². The van der Waals surface area contributed by atoms with Gasteiger partial charge in [-0.15, -0.1) is 0 Å². The van der Waals surface area contributed by atoms with Crippen molar-refractivity contribution in [3.8, 4) is 11.3 Å². The molecule has 0 saturated carbocycles. The van der Waals surface area contributed by atoms with Crippen LogP contribution in [0.15, 0.2) is 109 Å². The van der Waals surface area contributed by atoms with Gasteiger partial charge in [-0.25, -0.2) is 19.7 Å². The van der Waals surface area contributed by atoms with Crippen LogP contribution in [-0.2, 0) is 21.5 Å². The van der Waals surface area contributed by atoms with Crippen LogP contribution in [0, 0.1) is 5.92 Å². The molecule has 0 bridgehead atoms. The molecule has 0 N–H and O–H groups in total. The Morgan fingerprint density at radius 2 is 1.53 bits per heavy atom. The van der Waals surface area contributed by atoms with Crippen LogP contribution < -0.4 is 0 Å². The number of rotatable bonds is 4. The molecule has 1 aliphatic carbocycles. The van der Waals surface area contributed by atoms with Crippen molar-refractivity contribution < 1.29 is 14.3 Å². The van der Waals surface area contributed by atoms with Gasteiger partial charge in [0.05, 0.1) is 34.4 Å². The highest BCUT2D eigenvalue weighted by Gasteiger charge is 2.69. The summed E-state index contributed by atoms with van der Waals surface area (Å²) in [4.78, 5) is 43.6. The van der Waals surface area contributed by atoms with E-state index in [0.717, 1.165) is 64.1 Å². The summed E-state index contributed by atoms with van der Waals surface area (Å²) in [5, 5.41) is 0. The number of nitrogens with zero attached hydrogens (tertiary/aromatic N) is 4. The summed E-state index contributed by atoms with van der Waals surface area (Å²) in [6.45, 7) is 1.01. The summed E-state index contributed by atoms with van der Waals surface area (Å²) in [6.07, 6.45) is 1.96. The highest BCUT2D eigenvalue weighted by Crippen LogP contribution is 2.65. The van der Waals surface area contributed by atoms with Crippen molar-refractivity contribution in [3.05, 3.63) is 132 Å². The summed E-state index contributed by atoms with van der Waals surface area (Å²) in [6, 6.07) is 36.4. The van der Waals surface area contributed by atoms with Crippen LogP contribution in [-0.4, -0.2) is 57.0 Å². The number of hydrogen-bond acceptors (Lipinski definition) is 6. The predicted molar refractivity (Wildman–Crippen MR) is 170 cm³/mol. The Kier molecular flexibility index (Phi) is 5.94. The molecule has 4 aliphatic rings. The first kappa shape index (κ1) is 26.5. The average molecular weight is 593 g/mol. The minimum atomic E-state index is -0.887. The third-order valence-electron chi connectivity index (χ3n) is 10.5. The van der Waals surface area contributed by atoms with Crippen LogP contribution in [0.2, 0.25) is 0 Å². The molecule has 7 heteroatoms. The zero-order valence-corrected chi connectivity index (χ0v) is 24.8. The lowest BCUT2D eigenvalue weighted by atomic mass is 9.70. The lowest BCUT2D eigenvalue weighted by Crippen LogP contribution is -2.53. The number of para-hydroxylation sites is 2. The third-order valence-corrected chi connectivity index (χ3v) is 10.5. The Morgan fingerprint density at radius 3 is 2.33 bits per heavy atom. The van der Waals surface area contributed by atoms with Gasteiger partial charge in [-0.1, -0.05) is 97.1 Å². The fourth-order valence-electron chi connectivity index (χ4n) is 8.81. The van der Waals surface area contributed by atoms with E-state index in [1.165, 1.54) is 4.90 Å². The number of fused-ring (bicyclic) bond motifs is 8. The Labute approximate surface area is 261 Å². The van der Waals surface area contributed by atoms with Gasteiger partial charge in [0.25, 0.3) is 0 Å². The van der Waals surface area contributed by atoms with Gasteiger partial charge >= 0.3 is 6.09 Å². The largest absolute Gasteiger partial charge is 0.447 e. The molecule has 5 atom stereocenters. The zero-order chi connectivity index (χ0) is 30.1. The van der Waals surface area contributed by atoms with E-state index in [2.05, 4.69) is 35.2 Å². The van der Waals surface area contributed by atoms with E-state index in [9.17, 15) is 4.79 Å². The summed E-state index contributed by atoms with van der Waals surface area (Å²) in [5.74, 6) is -0.967. The molecule has 3 fully saturated rings. The number of aromatic nitrogens is 2. The van der Waals surface area contributed by atoms with Crippen LogP contribution in [0.4, 0.5) is 4.79 Å². The first-order valence-corrected chi connectivity index (χ1v) is 15.9. The van der Waals surface area contributed by atoms with Gasteiger partial charge < -0.3 is 4.74 Å². The molecule has 3 saturated heterocycles. The van der Waals surface area contributed by atoms with Gasteiger partial charge in [-0.3, -0.25) is 9.69 Å². The van der Waals surface area contributed by atoms with Crippen molar-refractivity contribution in [1.29, 1.82) is 0 Å². The van der Waals surface area contributed by atoms with Crippen LogP contribution in [0.5, 0.6) is 0 Å². The molecule has 2 amide bonds. The minimum Gasteiger partial charge on any atom is -0.447 e. The fraction of sp³-hybridized carbons (Fsp3) is 0.263. The van der Waals surface area contributed by atoms with E-state index < -0.39 is 23.6 Å². The number of ether oxygens (including phenoxy) is 1. The lowest BCUT2D eigenvalue weighted by molar-refractivity contribution is -0.136. The van der Waals surface area contributed by atoms with Crippen molar-refractivity contribution >= 4 is 23.0 Å². The molecule has 222 valence electrons. The van der Waals surface area contributed by atoms with E-state index in [4.69, 9.17) is 14.7 Å². The Balaban J connectivity index is 1.29. The van der Waals surface area contributed by atoms with Crippen molar-refractivity contribution in [1.82, 2.24) is 19.8 Å². The van der Waals surface area contributed by atoms with E-state index in [-0.39, 0.29) is 24.5 Å². The summed E-state index contributed by atoms with van der Waals surface area (Å²) in [7, 11) is 0. The molecule has 45 heavy (non-hydrogen) atoms. The smallest absolute Gasteiger partial charge is 0.416 e. The van der Waals surface area contributed by atoms with E-state index >= 15 is 4.79 Å². The normalized spacial score (nSPS) is 26.7. The number of cyclic esters (lactones) is 1. The van der Waals surface area contributed by atoms with Gasteiger partial charge in [-0.05, 0) is 54.6 Å². The number of hydrogen-bond donors (Lipinski definition) is 0. The molecular formula is C38H32N4O3. The molecule has 4 aromatic carbocycles. The Morgan fingerprint density at radius 1 is 0.844 bits per heavy atom. The second kappa shape index (κ2) is 10.1. The highest BCUT2D eigenvalue weighted by atomic mass is 16.6. The maximum Gasteiger partial charge on any atom is 0.416 e. The van der Waals surface area contributed by atoms with Gasteiger partial charge in [0.1, 0.15) is 12.1 Å². The number of benzene rings is 4. The predicted octanol–water partition coefficient (Wildman–Crippen LogP) is 6.32. The standard InChI is InChI=1S/C38H32N4O3/c43-36(42-26(23-45-37(42)44)22-24-12-3-1-4-13-24)33-32(25-14-5-2-6-15-25)31-20-11-21-41(31)38(33)28-17-8-7-16-27(28)34-35(38)40-30-19-10-9-18-29(30)39-34/h1-10,12-19,26,31-33H,11,20-23H2/t26?,31-,32-,33-,38+/m1/s1. The molecular weight excluding hydrogens is 560 g/mol. The molecule has 3 aliphatic heterocycles. The second-order valence-electron chi connectivity index (χ2n) is 12.7. The SMILES string of the molecule is O=C1OCC(Cc2ccccc2)N1C(=O)[C@H]1[C@H](c2ccccc2)[C@H]2CCCN2[C@@]12c1ccccc1-c1nc3ccccc3nc12. The van der Waals surface area contributed by atoms with Gasteiger partial charge in [0, 0.05) is 17.5 Å². The Bertz CT molecular complexity index is 1960. The minimum absolute atomic E-state index is 0.0971. The molecule has 9 rings (SSSR count). The molecule has 5 aromatic rings. The van der Waals surface area contributed by atoms with Crippen molar-refractivity contribution in [2.24, 2.45) is 5.92 Å². The maximum absolute atomic E-state index is 15.5. The van der Waals surface area contributed by atoms with Crippen LogP contribution in [0.3, 0.4) is 0 Å². The number of carbonyl (C=O) groups is 2. The fourth-order valence-corrected chi connectivity index (χ4v) is 8.81. The van der Waals surface area contributed by atoms with Crippen LogP contribution in [0.1, 0.15) is 41.1 Å². The van der Waals surface area contributed by atoms with Crippen molar-refractivity contribution in [2.75, 3.05) is 13.2 Å². The molecule has 7 nitrogen and oxygen atoms in total. The maximum atomic E-state index is 15.5. The van der Waals surface area contributed by atoms with Gasteiger partial charge in [0.15, 0.2) is 0 Å². The number of imide groups is 1. The van der Waals surface area contributed by atoms with Crippen LogP contribution in [0.25, 0.3) is 22.3 Å². The zero-order valence-electron chi connectivity index (χ0n) is 24.8. The quantitative estimate of drug-likeness (QED) is 0.243. The summed E-state index contributed by atoms with van der Waals surface area (Å²) >= 11 is 0. The van der Waals surface area contributed by atoms with Crippen molar-refractivity contribution in [2.45, 2.75) is 42.8 Å². The third kappa shape index (κ3) is 3.74. The van der Waals surface area contributed by atoms with E-state index in [1.807, 2.05) is 78.9 Å². The monoisotopic (exact) mass is 592 g/mol. The second-order valence-corrected chi connectivity index (χ2v) is 12.7. The topological polar surface area (TPSA) is 75.6 Å². The highest BCUT2D eigenvalue weighted by molar-refractivity contribution is 5.98. The first-order valence-electron chi connectivity index (χ1n) is 15.9. The van der Waals surface area contributed by atoms with Crippen LogP contribution >= 0.6 is 0 Å². The van der Waals surface area contributed by atoms with Crippen molar-refractivity contribution in [3.63, 3.8) is 0 Å². The lowest BCUT2D eigenvalue weighted by Gasteiger charge is -2.40. The molecule has 1 unspecified atom stereocenters. The summed E-state index contributed by atoms with van der Waals surface area (Å²) in [5.41, 5.74) is 6.61. The average Bonchev–Trinajstić information content (AvgIpc) is 3.83.